The minimum Gasteiger partial charge on any atom is -0.365 e. The molecular weight excluding hydrogens is 308 g/mol. The molecule has 5 nitrogen and oxygen atoms in total. The summed E-state index contributed by atoms with van der Waals surface area (Å²) in [4.78, 5) is 0.0246. The third-order valence-corrected chi connectivity index (χ3v) is 6.40. The smallest absolute Gasteiger partial charge is 0.218 e. The topological polar surface area (TPSA) is 58.6 Å². The lowest BCUT2D eigenvalue weighted by Gasteiger charge is -2.35. The SMILES string of the molecule is CCN(CC)S(=O)(=O)C1CNC(OC)C(Br)C1. The Kier molecular flexibility index (Phi) is 5.85. The van der Waals surface area contributed by atoms with E-state index in [0.717, 1.165) is 0 Å². The Morgan fingerprint density at radius 2 is 2.00 bits per heavy atom. The normalized spacial score (nSPS) is 30.8. The lowest BCUT2D eigenvalue weighted by Crippen LogP contribution is -2.54. The van der Waals surface area contributed by atoms with E-state index < -0.39 is 10.0 Å². The van der Waals surface area contributed by atoms with E-state index in [-0.39, 0.29) is 16.3 Å². The van der Waals surface area contributed by atoms with Crippen molar-refractivity contribution in [1.82, 2.24) is 9.62 Å². The van der Waals surface area contributed by atoms with E-state index in [2.05, 4.69) is 21.2 Å². The second kappa shape index (κ2) is 6.47. The molecule has 0 aliphatic carbocycles. The molecule has 1 rings (SSSR count). The zero-order valence-corrected chi connectivity index (χ0v) is 12.9. The summed E-state index contributed by atoms with van der Waals surface area (Å²) in [7, 11) is -1.59. The molecule has 0 bridgehead atoms. The fraction of sp³-hybridized carbons (Fsp3) is 1.00. The van der Waals surface area contributed by atoms with Crippen molar-refractivity contribution in [2.45, 2.75) is 36.6 Å². The molecule has 0 amide bonds. The highest BCUT2D eigenvalue weighted by molar-refractivity contribution is 9.09. The van der Waals surface area contributed by atoms with Crippen LogP contribution >= 0.6 is 15.9 Å². The number of ether oxygens (including phenoxy) is 1. The van der Waals surface area contributed by atoms with Gasteiger partial charge in [0.15, 0.2) is 0 Å². The van der Waals surface area contributed by atoms with Crippen molar-refractivity contribution in [1.29, 1.82) is 0 Å². The van der Waals surface area contributed by atoms with Crippen LogP contribution in [0.3, 0.4) is 0 Å². The molecule has 0 aromatic heterocycles. The van der Waals surface area contributed by atoms with Crippen LogP contribution in [0.1, 0.15) is 20.3 Å². The van der Waals surface area contributed by atoms with Crippen LogP contribution in [0.25, 0.3) is 0 Å². The Bertz CT molecular complexity index is 332. The summed E-state index contributed by atoms with van der Waals surface area (Å²) in [5.41, 5.74) is 0. The lowest BCUT2D eigenvalue weighted by atomic mass is 10.1. The van der Waals surface area contributed by atoms with Crippen molar-refractivity contribution >= 4 is 26.0 Å². The number of nitrogens with one attached hydrogen (secondary N) is 1. The quantitative estimate of drug-likeness (QED) is 0.757. The molecule has 1 N–H and O–H groups in total. The molecular formula is C10H21BrN2O3S. The maximum Gasteiger partial charge on any atom is 0.218 e. The van der Waals surface area contributed by atoms with E-state index in [9.17, 15) is 8.42 Å². The van der Waals surface area contributed by atoms with E-state index in [1.165, 1.54) is 4.31 Å². The van der Waals surface area contributed by atoms with Crippen LogP contribution in [0, 0.1) is 0 Å². The molecule has 1 heterocycles. The van der Waals surface area contributed by atoms with E-state index in [4.69, 9.17) is 4.74 Å². The van der Waals surface area contributed by atoms with Gasteiger partial charge in [-0.3, -0.25) is 5.32 Å². The van der Waals surface area contributed by atoms with Crippen molar-refractivity contribution in [2.24, 2.45) is 0 Å². The highest BCUT2D eigenvalue weighted by atomic mass is 79.9. The Balaban J connectivity index is 2.75. The highest BCUT2D eigenvalue weighted by Gasteiger charge is 2.37. The zero-order valence-electron chi connectivity index (χ0n) is 10.5. The molecule has 17 heavy (non-hydrogen) atoms. The summed E-state index contributed by atoms with van der Waals surface area (Å²) in [6.07, 6.45) is 0.461. The Morgan fingerprint density at radius 3 is 2.41 bits per heavy atom. The van der Waals surface area contributed by atoms with Gasteiger partial charge >= 0.3 is 0 Å². The van der Waals surface area contributed by atoms with Gasteiger partial charge in [-0.15, -0.1) is 0 Å². The fourth-order valence-electron chi connectivity index (χ4n) is 2.09. The van der Waals surface area contributed by atoms with Gasteiger partial charge in [0.1, 0.15) is 6.23 Å². The van der Waals surface area contributed by atoms with Crippen LogP contribution in [0.5, 0.6) is 0 Å². The van der Waals surface area contributed by atoms with Crippen molar-refractivity contribution in [2.75, 3.05) is 26.7 Å². The second-order valence-electron chi connectivity index (χ2n) is 4.07. The monoisotopic (exact) mass is 328 g/mol. The van der Waals surface area contributed by atoms with Gasteiger partial charge in [0.25, 0.3) is 0 Å². The van der Waals surface area contributed by atoms with E-state index in [1.54, 1.807) is 7.11 Å². The van der Waals surface area contributed by atoms with Gasteiger partial charge in [0.05, 0.1) is 10.1 Å². The largest absolute Gasteiger partial charge is 0.365 e. The number of alkyl halides is 1. The first-order chi connectivity index (χ1) is 7.97. The predicted octanol–water partition coefficient (Wildman–Crippen LogP) is 0.756. The maximum atomic E-state index is 12.3. The van der Waals surface area contributed by atoms with Gasteiger partial charge in [0.2, 0.25) is 10.0 Å². The summed E-state index contributed by atoms with van der Waals surface area (Å²) in [5, 5.41) is 2.73. The molecule has 1 fully saturated rings. The van der Waals surface area contributed by atoms with Gasteiger partial charge in [-0.25, -0.2) is 12.7 Å². The first-order valence-corrected chi connectivity index (χ1v) is 8.28. The van der Waals surface area contributed by atoms with Crippen molar-refractivity contribution in [3.05, 3.63) is 0 Å². The Labute approximate surface area is 112 Å². The van der Waals surface area contributed by atoms with Crippen LogP contribution in [0.2, 0.25) is 0 Å². The summed E-state index contributed by atoms with van der Waals surface area (Å²) in [6.45, 7) is 5.22. The first kappa shape index (κ1) is 15.4. The third kappa shape index (κ3) is 3.41. The third-order valence-electron chi connectivity index (χ3n) is 3.10. The van der Waals surface area contributed by atoms with Crippen molar-refractivity contribution in [3.8, 4) is 0 Å². The number of sulfonamides is 1. The Morgan fingerprint density at radius 1 is 1.41 bits per heavy atom. The molecule has 0 radical (unpaired) electrons. The molecule has 0 saturated carbocycles. The number of hydrogen-bond acceptors (Lipinski definition) is 4. The number of rotatable bonds is 5. The average molecular weight is 329 g/mol. The van der Waals surface area contributed by atoms with Gasteiger partial charge in [-0.1, -0.05) is 29.8 Å². The summed E-state index contributed by atoms with van der Waals surface area (Å²) < 4.78 is 31.4. The standard InChI is InChI=1S/C10H21BrN2O3S/c1-4-13(5-2)17(14,15)8-6-9(11)10(16-3)12-7-8/h8-10,12H,4-7H2,1-3H3. The van der Waals surface area contributed by atoms with Gasteiger partial charge in [-0.2, -0.15) is 0 Å². The molecule has 1 saturated heterocycles. The minimum atomic E-state index is -3.20. The molecule has 3 unspecified atom stereocenters. The maximum absolute atomic E-state index is 12.3. The summed E-state index contributed by atoms with van der Waals surface area (Å²) >= 11 is 3.47. The number of piperidine rings is 1. The van der Waals surface area contributed by atoms with Crippen LogP contribution in [0.15, 0.2) is 0 Å². The molecule has 102 valence electrons. The fourth-order valence-corrected chi connectivity index (χ4v) is 5.09. The average Bonchev–Trinajstić information content (AvgIpc) is 2.30. The van der Waals surface area contributed by atoms with Crippen molar-refractivity contribution < 1.29 is 13.2 Å². The second-order valence-corrected chi connectivity index (χ2v) is 7.46. The molecule has 1 aliphatic rings. The summed E-state index contributed by atoms with van der Waals surface area (Å²) in [6, 6.07) is 0. The molecule has 7 heteroatoms. The van der Waals surface area contributed by atoms with Crippen LogP contribution < -0.4 is 5.32 Å². The molecule has 0 spiro atoms. The van der Waals surface area contributed by atoms with Gasteiger partial charge in [0, 0.05) is 26.7 Å². The zero-order chi connectivity index (χ0) is 13.1. The van der Waals surface area contributed by atoms with Gasteiger partial charge < -0.3 is 4.74 Å². The number of halogens is 1. The number of methoxy groups -OCH3 is 1. The molecule has 3 atom stereocenters. The van der Waals surface area contributed by atoms with Crippen molar-refractivity contribution in [3.63, 3.8) is 0 Å². The lowest BCUT2D eigenvalue weighted by molar-refractivity contribution is 0.0598. The molecule has 0 aromatic rings. The van der Waals surface area contributed by atoms with Crippen LogP contribution in [0.4, 0.5) is 0 Å². The van der Waals surface area contributed by atoms with E-state index in [1.807, 2.05) is 13.8 Å². The van der Waals surface area contributed by atoms with Gasteiger partial charge in [-0.05, 0) is 6.42 Å². The molecule has 1 aliphatic heterocycles. The predicted molar refractivity (Wildman–Crippen MR) is 71.8 cm³/mol. The van der Waals surface area contributed by atoms with Crippen LogP contribution in [-0.4, -0.2) is 55.8 Å². The van der Waals surface area contributed by atoms with E-state index in [0.29, 0.717) is 26.1 Å². The highest BCUT2D eigenvalue weighted by Crippen LogP contribution is 2.24. The first-order valence-electron chi connectivity index (χ1n) is 5.86. The summed E-state index contributed by atoms with van der Waals surface area (Å²) in [5.74, 6) is 0. The molecule has 0 aromatic carbocycles. The van der Waals surface area contributed by atoms with Crippen LogP contribution in [-0.2, 0) is 14.8 Å². The number of hydrogen-bond donors (Lipinski definition) is 1. The van der Waals surface area contributed by atoms with E-state index >= 15 is 0 Å². The Hall–Kier alpha value is 0.310. The number of nitrogens with zero attached hydrogens (tertiary/aromatic N) is 1. The minimum absolute atomic E-state index is 0.0246.